The average molecular weight is 327 g/mol. The SMILES string of the molecule is CC1CCCCC1(CN)NS(=O)(=O)c1ccc([N+](=O)[O-])cc1. The number of rotatable bonds is 5. The first kappa shape index (κ1) is 16.9. The Balaban J connectivity index is 2.27. The number of nitrogens with one attached hydrogen (secondary N) is 1. The monoisotopic (exact) mass is 327 g/mol. The summed E-state index contributed by atoms with van der Waals surface area (Å²) < 4.78 is 27.9. The largest absolute Gasteiger partial charge is 0.329 e. The summed E-state index contributed by atoms with van der Waals surface area (Å²) in [4.78, 5) is 10.1. The molecule has 8 heteroatoms. The third-order valence-corrected chi connectivity index (χ3v) is 6.08. The van der Waals surface area contributed by atoms with E-state index in [2.05, 4.69) is 4.72 Å². The van der Waals surface area contributed by atoms with Gasteiger partial charge in [0, 0.05) is 24.2 Å². The van der Waals surface area contributed by atoms with Crippen molar-refractivity contribution in [2.45, 2.75) is 43.0 Å². The number of nitro groups is 1. The minimum absolute atomic E-state index is 0.0173. The Labute approximate surface area is 130 Å². The van der Waals surface area contributed by atoms with Crippen LogP contribution in [0.25, 0.3) is 0 Å². The second kappa shape index (κ2) is 6.31. The summed E-state index contributed by atoms with van der Waals surface area (Å²) in [5.41, 5.74) is 5.08. The van der Waals surface area contributed by atoms with E-state index in [9.17, 15) is 18.5 Å². The van der Waals surface area contributed by atoms with Crippen LogP contribution in [0.1, 0.15) is 32.6 Å². The Morgan fingerprint density at radius 2 is 2.00 bits per heavy atom. The Bertz CT molecular complexity index is 645. The molecule has 0 spiro atoms. The topological polar surface area (TPSA) is 115 Å². The lowest BCUT2D eigenvalue weighted by Crippen LogP contribution is -2.58. The first-order chi connectivity index (χ1) is 10.3. The molecule has 0 saturated heterocycles. The smallest absolute Gasteiger partial charge is 0.269 e. The van der Waals surface area contributed by atoms with Gasteiger partial charge in [-0.05, 0) is 30.9 Å². The van der Waals surface area contributed by atoms with Gasteiger partial charge >= 0.3 is 0 Å². The number of hydrogen-bond donors (Lipinski definition) is 2. The molecule has 7 nitrogen and oxygen atoms in total. The van der Waals surface area contributed by atoms with Crippen molar-refractivity contribution in [3.05, 3.63) is 34.4 Å². The van der Waals surface area contributed by atoms with E-state index in [1.54, 1.807) is 0 Å². The molecule has 1 fully saturated rings. The highest BCUT2D eigenvalue weighted by atomic mass is 32.2. The van der Waals surface area contributed by atoms with E-state index in [0.717, 1.165) is 19.3 Å². The fourth-order valence-corrected chi connectivity index (χ4v) is 4.52. The second-order valence-electron chi connectivity index (χ2n) is 5.86. The van der Waals surface area contributed by atoms with Gasteiger partial charge in [-0.2, -0.15) is 0 Å². The van der Waals surface area contributed by atoms with E-state index in [1.165, 1.54) is 24.3 Å². The number of sulfonamides is 1. The number of nitrogens with two attached hydrogens (primary N) is 1. The summed E-state index contributed by atoms with van der Waals surface area (Å²) in [5, 5.41) is 10.6. The number of non-ortho nitro benzene ring substituents is 1. The zero-order valence-electron chi connectivity index (χ0n) is 12.5. The van der Waals surface area contributed by atoms with Crippen molar-refractivity contribution in [1.29, 1.82) is 0 Å². The Hall–Kier alpha value is -1.51. The Morgan fingerprint density at radius 3 is 2.50 bits per heavy atom. The first-order valence-electron chi connectivity index (χ1n) is 7.29. The molecule has 0 bridgehead atoms. The highest BCUT2D eigenvalue weighted by Crippen LogP contribution is 2.34. The third-order valence-electron chi connectivity index (χ3n) is 4.51. The molecule has 3 N–H and O–H groups in total. The fraction of sp³-hybridized carbons (Fsp3) is 0.571. The maximum atomic E-state index is 12.6. The van der Waals surface area contributed by atoms with E-state index in [4.69, 9.17) is 5.73 Å². The van der Waals surface area contributed by atoms with Crippen LogP contribution in [0.2, 0.25) is 0 Å². The van der Waals surface area contributed by atoms with Crippen LogP contribution in [0.15, 0.2) is 29.2 Å². The summed E-state index contributed by atoms with van der Waals surface area (Å²) in [5.74, 6) is 0.152. The number of hydrogen-bond acceptors (Lipinski definition) is 5. The van der Waals surface area contributed by atoms with Gasteiger partial charge < -0.3 is 5.73 Å². The molecule has 1 aromatic rings. The lowest BCUT2D eigenvalue weighted by Gasteiger charge is -2.42. The van der Waals surface area contributed by atoms with Gasteiger partial charge in [-0.3, -0.25) is 10.1 Å². The molecular formula is C14H21N3O4S. The van der Waals surface area contributed by atoms with E-state index in [-0.39, 0.29) is 23.0 Å². The van der Waals surface area contributed by atoms with Gasteiger partial charge in [0.2, 0.25) is 10.0 Å². The highest BCUT2D eigenvalue weighted by molar-refractivity contribution is 7.89. The van der Waals surface area contributed by atoms with Crippen LogP contribution in [-0.2, 0) is 10.0 Å². The van der Waals surface area contributed by atoms with Crippen LogP contribution in [-0.4, -0.2) is 25.4 Å². The van der Waals surface area contributed by atoms with Crippen molar-refractivity contribution in [2.75, 3.05) is 6.54 Å². The zero-order valence-corrected chi connectivity index (χ0v) is 13.3. The van der Waals surface area contributed by atoms with Gasteiger partial charge in [-0.1, -0.05) is 19.8 Å². The Kier molecular flexibility index (Phi) is 4.84. The molecule has 0 aliphatic heterocycles. The van der Waals surface area contributed by atoms with Crippen LogP contribution in [0.5, 0.6) is 0 Å². The van der Waals surface area contributed by atoms with Crippen molar-refractivity contribution in [3.8, 4) is 0 Å². The van der Waals surface area contributed by atoms with Crippen molar-refractivity contribution in [3.63, 3.8) is 0 Å². The maximum Gasteiger partial charge on any atom is 0.269 e. The summed E-state index contributed by atoms with van der Waals surface area (Å²) in [6.45, 7) is 2.24. The van der Waals surface area contributed by atoms with E-state index in [1.807, 2.05) is 6.92 Å². The van der Waals surface area contributed by atoms with Gasteiger partial charge in [0.25, 0.3) is 5.69 Å². The molecule has 1 aliphatic rings. The van der Waals surface area contributed by atoms with Crippen LogP contribution in [0.3, 0.4) is 0 Å². The predicted molar refractivity (Wildman–Crippen MR) is 82.8 cm³/mol. The van der Waals surface area contributed by atoms with Crippen LogP contribution < -0.4 is 10.5 Å². The van der Waals surface area contributed by atoms with Gasteiger partial charge in [0.05, 0.1) is 9.82 Å². The third kappa shape index (κ3) is 3.29. The van der Waals surface area contributed by atoms with Crippen LogP contribution in [0.4, 0.5) is 5.69 Å². The average Bonchev–Trinajstić information content (AvgIpc) is 2.49. The molecule has 2 unspecified atom stereocenters. The Morgan fingerprint density at radius 1 is 1.36 bits per heavy atom. The number of nitro benzene ring substituents is 1. The van der Waals surface area contributed by atoms with E-state index >= 15 is 0 Å². The normalized spacial score (nSPS) is 25.8. The van der Waals surface area contributed by atoms with E-state index in [0.29, 0.717) is 6.42 Å². The van der Waals surface area contributed by atoms with Crippen molar-refractivity contribution in [1.82, 2.24) is 4.72 Å². The summed E-state index contributed by atoms with van der Waals surface area (Å²) in [6.07, 6.45) is 3.64. The minimum atomic E-state index is -3.76. The minimum Gasteiger partial charge on any atom is -0.329 e. The lowest BCUT2D eigenvalue weighted by atomic mass is 9.74. The summed E-state index contributed by atoms with van der Waals surface area (Å²) >= 11 is 0. The lowest BCUT2D eigenvalue weighted by molar-refractivity contribution is -0.384. The van der Waals surface area contributed by atoms with Gasteiger partial charge in [0.15, 0.2) is 0 Å². The molecule has 122 valence electrons. The van der Waals surface area contributed by atoms with Gasteiger partial charge in [-0.15, -0.1) is 0 Å². The van der Waals surface area contributed by atoms with Crippen LogP contribution in [0, 0.1) is 16.0 Å². The standard InChI is InChI=1S/C14H21N3O4S/c1-11-4-2-3-9-14(11,10-15)16-22(20,21)13-7-5-12(6-8-13)17(18)19/h5-8,11,16H,2-4,9-10,15H2,1H3. The highest BCUT2D eigenvalue weighted by Gasteiger charge is 2.40. The molecule has 1 saturated carbocycles. The molecule has 0 aromatic heterocycles. The molecular weight excluding hydrogens is 306 g/mol. The quantitative estimate of drug-likeness (QED) is 0.632. The molecule has 2 atom stereocenters. The zero-order chi connectivity index (χ0) is 16.4. The maximum absolute atomic E-state index is 12.6. The predicted octanol–water partition coefficient (Wildman–Crippen LogP) is 1.78. The number of benzene rings is 1. The fourth-order valence-electron chi connectivity index (χ4n) is 2.98. The van der Waals surface area contributed by atoms with Gasteiger partial charge in [-0.25, -0.2) is 13.1 Å². The molecule has 1 aromatic carbocycles. The summed E-state index contributed by atoms with van der Waals surface area (Å²) in [6, 6.07) is 4.87. The van der Waals surface area contributed by atoms with Crippen LogP contribution >= 0.6 is 0 Å². The van der Waals surface area contributed by atoms with E-state index < -0.39 is 20.5 Å². The van der Waals surface area contributed by atoms with Crippen molar-refractivity contribution in [2.24, 2.45) is 11.7 Å². The molecule has 1 aliphatic carbocycles. The summed E-state index contributed by atoms with van der Waals surface area (Å²) in [7, 11) is -3.76. The number of nitrogens with zero attached hydrogens (tertiary/aromatic N) is 1. The first-order valence-corrected chi connectivity index (χ1v) is 8.77. The molecule has 0 radical (unpaired) electrons. The molecule has 2 rings (SSSR count). The van der Waals surface area contributed by atoms with Gasteiger partial charge in [0.1, 0.15) is 0 Å². The van der Waals surface area contributed by atoms with Crippen molar-refractivity contribution < 1.29 is 13.3 Å². The second-order valence-corrected chi connectivity index (χ2v) is 7.55. The molecule has 22 heavy (non-hydrogen) atoms. The van der Waals surface area contributed by atoms with Crippen molar-refractivity contribution >= 4 is 15.7 Å². The molecule has 0 amide bonds. The molecule has 0 heterocycles.